The van der Waals surface area contributed by atoms with Crippen LogP contribution >= 0.6 is 23.2 Å². The molecule has 2 rings (SSSR count). The van der Waals surface area contributed by atoms with Crippen LogP contribution in [0.5, 0.6) is 11.5 Å². The van der Waals surface area contributed by atoms with Gasteiger partial charge in [-0.1, -0.05) is 23.2 Å². The predicted octanol–water partition coefficient (Wildman–Crippen LogP) is 5.04. The van der Waals surface area contributed by atoms with Crippen LogP contribution in [0.1, 0.15) is 11.1 Å². The molecule has 3 nitrogen and oxygen atoms in total. The predicted molar refractivity (Wildman–Crippen MR) is 92.7 cm³/mol. The molecule has 116 valence electrons. The molecule has 0 saturated carbocycles. The van der Waals surface area contributed by atoms with E-state index in [-0.39, 0.29) is 0 Å². The highest BCUT2D eigenvalue weighted by Crippen LogP contribution is 2.27. The van der Waals surface area contributed by atoms with Gasteiger partial charge in [0.25, 0.3) is 0 Å². The van der Waals surface area contributed by atoms with E-state index in [2.05, 4.69) is 0 Å². The molecule has 0 atom stereocenters. The van der Waals surface area contributed by atoms with E-state index in [9.17, 15) is 9.59 Å². The summed E-state index contributed by atoms with van der Waals surface area (Å²) in [7, 11) is 0. The number of ether oxygens (including phenoxy) is 1. The first kappa shape index (κ1) is 17.0. The van der Waals surface area contributed by atoms with Gasteiger partial charge in [0.05, 0.1) is 10.1 Å². The average Bonchev–Trinajstić information content (AvgIpc) is 2.56. The second-order valence-corrected chi connectivity index (χ2v) is 5.27. The van der Waals surface area contributed by atoms with Crippen LogP contribution in [0.4, 0.5) is 0 Å². The van der Waals surface area contributed by atoms with Crippen LogP contribution in [-0.2, 0) is 9.59 Å². The smallest absolute Gasteiger partial charge is 0.144 e. The molecular formula is C18H12Cl2O3. The summed E-state index contributed by atoms with van der Waals surface area (Å²) in [5.41, 5.74) is 1.46. The van der Waals surface area contributed by atoms with Crippen molar-refractivity contribution < 1.29 is 14.3 Å². The van der Waals surface area contributed by atoms with Crippen molar-refractivity contribution in [2.75, 3.05) is 0 Å². The number of rotatable bonds is 6. The number of carbonyl (C=O) groups excluding carboxylic acids is 2. The Kier molecular flexibility index (Phi) is 6.15. The van der Waals surface area contributed by atoms with Gasteiger partial charge in [0.15, 0.2) is 0 Å². The third-order valence-corrected chi connectivity index (χ3v) is 3.61. The van der Waals surface area contributed by atoms with Crippen LogP contribution in [0.15, 0.2) is 60.7 Å². The van der Waals surface area contributed by atoms with Crippen LogP contribution in [0, 0.1) is 0 Å². The average molecular weight is 347 g/mol. The molecule has 2 aromatic carbocycles. The zero-order valence-corrected chi connectivity index (χ0v) is 13.4. The number of benzene rings is 2. The molecule has 0 saturated heterocycles. The first-order valence-electron chi connectivity index (χ1n) is 6.64. The summed E-state index contributed by atoms with van der Waals surface area (Å²) >= 11 is 11.9. The summed E-state index contributed by atoms with van der Waals surface area (Å²) in [5, 5.41) is 0.736. The summed E-state index contributed by atoms with van der Waals surface area (Å²) < 4.78 is 5.70. The summed E-state index contributed by atoms with van der Waals surface area (Å²) in [4.78, 5) is 20.8. The first-order valence-corrected chi connectivity index (χ1v) is 7.40. The molecule has 0 radical (unpaired) electrons. The Labute approximate surface area is 143 Å². The maximum Gasteiger partial charge on any atom is 0.144 e. The second-order valence-electron chi connectivity index (χ2n) is 4.45. The second kappa shape index (κ2) is 8.32. The Bertz CT molecular complexity index is 679. The molecule has 0 spiro atoms. The zero-order chi connectivity index (χ0) is 16.7. The minimum absolute atomic E-state index is 0.368. The molecule has 0 fully saturated rings. The maximum absolute atomic E-state index is 10.4. The topological polar surface area (TPSA) is 43.4 Å². The van der Waals surface area contributed by atoms with Crippen LogP contribution < -0.4 is 4.74 Å². The minimum atomic E-state index is 0.368. The molecule has 0 aromatic heterocycles. The summed E-state index contributed by atoms with van der Waals surface area (Å²) in [6.45, 7) is 0. The quantitative estimate of drug-likeness (QED) is 0.543. The molecule has 0 N–H and O–H groups in total. The van der Waals surface area contributed by atoms with Crippen LogP contribution in [-0.4, -0.2) is 12.6 Å². The van der Waals surface area contributed by atoms with Gasteiger partial charge in [-0.15, -0.1) is 0 Å². The van der Waals surface area contributed by atoms with Gasteiger partial charge in [-0.25, -0.2) is 0 Å². The van der Waals surface area contributed by atoms with Crippen molar-refractivity contribution in [2.24, 2.45) is 0 Å². The molecule has 0 amide bonds. The molecule has 0 bridgehead atoms. The van der Waals surface area contributed by atoms with Gasteiger partial charge in [-0.05, 0) is 71.8 Å². The van der Waals surface area contributed by atoms with Crippen LogP contribution in [0.25, 0.3) is 10.1 Å². The van der Waals surface area contributed by atoms with Crippen molar-refractivity contribution in [2.45, 2.75) is 0 Å². The Morgan fingerprint density at radius 1 is 0.696 bits per heavy atom. The van der Waals surface area contributed by atoms with Gasteiger partial charge in [0.2, 0.25) is 0 Å². The lowest BCUT2D eigenvalue weighted by Crippen LogP contribution is -1.86. The lowest BCUT2D eigenvalue weighted by atomic mass is 10.2. The van der Waals surface area contributed by atoms with E-state index in [1.54, 1.807) is 48.5 Å². The number of aldehydes is 2. The Balaban J connectivity index is 2.10. The van der Waals surface area contributed by atoms with Crippen molar-refractivity contribution in [3.8, 4) is 11.5 Å². The number of halogens is 2. The lowest BCUT2D eigenvalue weighted by molar-refractivity contribution is -0.104. The van der Waals surface area contributed by atoms with Crippen LogP contribution in [0.3, 0.4) is 0 Å². The molecule has 5 heteroatoms. The summed E-state index contributed by atoms with van der Waals surface area (Å²) in [5.74, 6) is 1.26. The molecule has 0 aliphatic rings. The molecular weight excluding hydrogens is 335 g/mol. The van der Waals surface area contributed by atoms with E-state index in [1.807, 2.05) is 0 Å². The monoisotopic (exact) mass is 346 g/mol. The summed E-state index contributed by atoms with van der Waals surface area (Å²) in [6, 6.07) is 14.1. The Morgan fingerprint density at radius 3 is 1.35 bits per heavy atom. The lowest BCUT2D eigenvalue weighted by Gasteiger charge is -2.07. The van der Waals surface area contributed by atoms with E-state index in [4.69, 9.17) is 27.9 Å². The summed E-state index contributed by atoms with van der Waals surface area (Å²) in [6.07, 6.45) is 3.84. The van der Waals surface area contributed by atoms with Crippen molar-refractivity contribution in [1.82, 2.24) is 0 Å². The normalized spacial score (nSPS) is 11.9. The van der Waals surface area contributed by atoms with E-state index < -0.39 is 0 Å². The van der Waals surface area contributed by atoms with Gasteiger partial charge >= 0.3 is 0 Å². The fraction of sp³-hybridized carbons (Fsp3) is 0. The van der Waals surface area contributed by atoms with Gasteiger partial charge in [-0.3, -0.25) is 9.59 Å². The highest BCUT2D eigenvalue weighted by Gasteiger charge is 2.02. The highest BCUT2D eigenvalue weighted by molar-refractivity contribution is 6.50. The largest absolute Gasteiger partial charge is 0.457 e. The number of carbonyl (C=O) groups is 2. The van der Waals surface area contributed by atoms with Crippen molar-refractivity contribution in [3.05, 3.63) is 71.8 Å². The molecule has 0 unspecified atom stereocenters. The fourth-order valence-electron chi connectivity index (χ4n) is 1.81. The Morgan fingerprint density at radius 2 is 1.04 bits per heavy atom. The molecule has 0 aliphatic heterocycles. The maximum atomic E-state index is 10.4. The standard InChI is InChI=1S/C18H12Cl2O3/c19-17(9-11-21)13-1-5-15(6-2-13)23-16-7-3-14(4-8-16)18(20)10-12-22/h1-12H/b17-9+,18-10+. The van der Waals surface area contributed by atoms with Crippen LogP contribution in [0.2, 0.25) is 0 Å². The molecule has 23 heavy (non-hydrogen) atoms. The van der Waals surface area contributed by atoms with Gasteiger partial charge < -0.3 is 4.74 Å². The van der Waals surface area contributed by atoms with E-state index in [0.29, 0.717) is 34.1 Å². The van der Waals surface area contributed by atoms with Crippen molar-refractivity contribution in [1.29, 1.82) is 0 Å². The van der Waals surface area contributed by atoms with E-state index in [0.717, 1.165) is 11.1 Å². The van der Waals surface area contributed by atoms with Gasteiger partial charge in [-0.2, -0.15) is 0 Å². The number of hydrogen-bond acceptors (Lipinski definition) is 3. The third-order valence-electron chi connectivity index (χ3n) is 2.92. The highest BCUT2D eigenvalue weighted by atomic mass is 35.5. The van der Waals surface area contributed by atoms with E-state index >= 15 is 0 Å². The Hall–Kier alpha value is -2.36. The van der Waals surface area contributed by atoms with Gasteiger partial charge in [0, 0.05) is 0 Å². The van der Waals surface area contributed by atoms with E-state index in [1.165, 1.54) is 12.2 Å². The number of allylic oxidation sites excluding steroid dienone is 2. The zero-order valence-electron chi connectivity index (χ0n) is 11.9. The van der Waals surface area contributed by atoms with Gasteiger partial charge in [0.1, 0.15) is 24.1 Å². The third kappa shape index (κ3) is 4.81. The first-order chi connectivity index (χ1) is 11.1. The number of hydrogen-bond donors (Lipinski definition) is 0. The minimum Gasteiger partial charge on any atom is -0.457 e. The van der Waals surface area contributed by atoms with Crippen molar-refractivity contribution >= 4 is 45.8 Å². The molecule has 0 heterocycles. The van der Waals surface area contributed by atoms with Crippen molar-refractivity contribution in [3.63, 3.8) is 0 Å². The molecule has 0 aliphatic carbocycles. The molecule has 2 aromatic rings. The fourth-order valence-corrected chi connectivity index (χ4v) is 2.17. The SMILES string of the molecule is O=C/C=C(/Cl)c1ccc(Oc2ccc(/C(Cl)=C\C=O)cc2)cc1.